The maximum Gasteiger partial charge on any atom is 0.251 e. The third-order valence-corrected chi connectivity index (χ3v) is 3.71. The Labute approximate surface area is 127 Å². The van der Waals surface area contributed by atoms with Crippen molar-refractivity contribution in [2.24, 2.45) is 5.84 Å². The number of hydrogen-bond acceptors (Lipinski definition) is 6. The second-order valence-corrected chi connectivity index (χ2v) is 5.73. The fourth-order valence-corrected chi connectivity index (χ4v) is 2.55. The normalized spacial score (nSPS) is 10.4. The molecule has 6 nitrogen and oxygen atoms in total. The lowest BCUT2D eigenvalue weighted by molar-refractivity contribution is 0.0950. The molecule has 21 heavy (non-hydrogen) atoms. The fourth-order valence-electron chi connectivity index (χ4n) is 1.94. The molecule has 0 aliphatic rings. The van der Waals surface area contributed by atoms with Crippen LogP contribution in [-0.2, 0) is 13.0 Å². The zero-order valence-electron chi connectivity index (χ0n) is 12.1. The first-order valence-corrected chi connectivity index (χ1v) is 7.67. The first-order chi connectivity index (χ1) is 10.1. The molecule has 2 aromatic heterocycles. The minimum absolute atomic E-state index is 0.156. The number of carbonyl (C=O) groups is 1. The quantitative estimate of drug-likeness (QED) is 0.561. The van der Waals surface area contributed by atoms with Crippen LogP contribution in [0, 0.1) is 6.92 Å². The number of hydrogen-bond donors (Lipinski definition) is 3. The van der Waals surface area contributed by atoms with E-state index in [2.05, 4.69) is 27.6 Å². The molecule has 112 valence electrons. The molecule has 0 atom stereocenters. The number of pyridine rings is 1. The number of hydrazine groups is 1. The summed E-state index contributed by atoms with van der Waals surface area (Å²) in [6.07, 6.45) is 1.77. The fraction of sp³-hybridized carbons (Fsp3) is 0.357. The second kappa shape index (κ2) is 7.14. The molecule has 0 aromatic carbocycles. The van der Waals surface area contributed by atoms with E-state index in [0.29, 0.717) is 17.9 Å². The van der Waals surface area contributed by atoms with Crippen LogP contribution in [0.25, 0.3) is 0 Å². The highest BCUT2D eigenvalue weighted by molar-refractivity contribution is 7.09. The van der Waals surface area contributed by atoms with Gasteiger partial charge in [0.2, 0.25) is 0 Å². The molecular formula is C14H19N5OS. The van der Waals surface area contributed by atoms with E-state index < -0.39 is 0 Å². The van der Waals surface area contributed by atoms with E-state index >= 15 is 0 Å². The van der Waals surface area contributed by atoms with Crippen LogP contribution in [0.15, 0.2) is 17.5 Å². The summed E-state index contributed by atoms with van der Waals surface area (Å²) < 4.78 is 0. The van der Waals surface area contributed by atoms with Gasteiger partial charge in [0.25, 0.3) is 5.91 Å². The van der Waals surface area contributed by atoms with Crippen molar-refractivity contribution in [2.75, 3.05) is 5.43 Å². The number of amides is 1. The van der Waals surface area contributed by atoms with Gasteiger partial charge in [0.1, 0.15) is 5.82 Å². The second-order valence-electron chi connectivity index (χ2n) is 4.67. The maximum absolute atomic E-state index is 12.2. The number of nitrogens with one attached hydrogen (secondary N) is 2. The van der Waals surface area contributed by atoms with Gasteiger partial charge in [-0.1, -0.05) is 13.3 Å². The Bertz CT molecular complexity index is 626. The molecule has 2 aromatic rings. The highest BCUT2D eigenvalue weighted by Crippen LogP contribution is 2.12. The summed E-state index contributed by atoms with van der Waals surface area (Å²) in [6.45, 7) is 4.42. The molecule has 0 bridgehead atoms. The van der Waals surface area contributed by atoms with E-state index in [1.807, 2.05) is 12.3 Å². The Morgan fingerprint density at radius 2 is 2.14 bits per heavy atom. The lowest BCUT2D eigenvalue weighted by Crippen LogP contribution is -2.24. The van der Waals surface area contributed by atoms with Crippen molar-refractivity contribution < 1.29 is 4.79 Å². The smallest absolute Gasteiger partial charge is 0.251 e. The molecule has 0 fully saturated rings. The lowest BCUT2D eigenvalue weighted by Gasteiger charge is -2.08. The summed E-state index contributed by atoms with van der Waals surface area (Å²) in [5.74, 6) is 5.74. The number of aryl methyl sites for hydroxylation is 2. The summed E-state index contributed by atoms with van der Waals surface area (Å²) in [6, 6.07) is 3.44. The number of anilines is 1. The third-order valence-electron chi connectivity index (χ3n) is 2.89. The van der Waals surface area contributed by atoms with Crippen LogP contribution in [0.4, 0.5) is 5.82 Å². The first-order valence-electron chi connectivity index (χ1n) is 6.79. The van der Waals surface area contributed by atoms with Crippen molar-refractivity contribution in [1.29, 1.82) is 0 Å². The SMILES string of the molecule is CCCc1cc(C(=O)NCc2csc(C)n2)cc(NN)n1. The molecule has 2 heterocycles. The van der Waals surface area contributed by atoms with Crippen molar-refractivity contribution in [3.05, 3.63) is 39.5 Å². The predicted octanol–water partition coefficient (Wildman–Crippen LogP) is 2.01. The van der Waals surface area contributed by atoms with E-state index in [9.17, 15) is 4.79 Å². The van der Waals surface area contributed by atoms with Gasteiger partial charge < -0.3 is 10.7 Å². The molecule has 0 aliphatic heterocycles. The largest absolute Gasteiger partial charge is 0.346 e. The third kappa shape index (κ3) is 4.24. The van der Waals surface area contributed by atoms with Gasteiger partial charge in [0, 0.05) is 16.6 Å². The molecule has 7 heteroatoms. The molecular weight excluding hydrogens is 286 g/mol. The van der Waals surface area contributed by atoms with Crippen LogP contribution in [0.3, 0.4) is 0 Å². The molecule has 0 unspecified atom stereocenters. The van der Waals surface area contributed by atoms with Crippen molar-refractivity contribution in [1.82, 2.24) is 15.3 Å². The predicted molar refractivity (Wildman–Crippen MR) is 84.1 cm³/mol. The van der Waals surface area contributed by atoms with Gasteiger partial charge >= 0.3 is 0 Å². The van der Waals surface area contributed by atoms with Gasteiger partial charge in [-0.05, 0) is 25.5 Å². The van der Waals surface area contributed by atoms with Gasteiger partial charge in [-0.2, -0.15) is 0 Å². The van der Waals surface area contributed by atoms with Gasteiger partial charge in [-0.25, -0.2) is 15.8 Å². The molecule has 0 saturated heterocycles. The number of thiazole rings is 1. The number of nitrogens with zero attached hydrogens (tertiary/aromatic N) is 2. The van der Waals surface area contributed by atoms with Crippen LogP contribution < -0.4 is 16.6 Å². The zero-order valence-corrected chi connectivity index (χ0v) is 13.0. The van der Waals surface area contributed by atoms with E-state index in [1.165, 1.54) is 0 Å². The van der Waals surface area contributed by atoms with Gasteiger partial charge in [0.15, 0.2) is 0 Å². The average Bonchev–Trinajstić information content (AvgIpc) is 2.90. The molecule has 0 spiro atoms. The van der Waals surface area contributed by atoms with Gasteiger partial charge in [-0.3, -0.25) is 4.79 Å². The van der Waals surface area contributed by atoms with Crippen LogP contribution in [0.1, 0.15) is 40.1 Å². The van der Waals surface area contributed by atoms with Crippen molar-refractivity contribution in [3.8, 4) is 0 Å². The molecule has 0 radical (unpaired) electrons. The molecule has 2 rings (SSSR count). The minimum atomic E-state index is -0.156. The number of aromatic nitrogens is 2. The lowest BCUT2D eigenvalue weighted by atomic mass is 10.1. The van der Waals surface area contributed by atoms with Crippen LogP contribution in [-0.4, -0.2) is 15.9 Å². The van der Waals surface area contributed by atoms with E-state index in [1.54, 1.807) is 23.5 Å². The number of nitrogens with two attached hydrogens (primary N) is 1. The molecule has 4 N–H and O–H groups in total. The van der Waals surface area contributed by atoms with E-state index in [4.69, 9.17) is 5.84 Å². The molecule has 1 amide bonds. The standard InChI is InChI=1S/C14H19N5OS/c1-3-4-11-5-10(6-13(18-11)19-15)14(20)16-7-12-8-21-9(2)17-12/h5-6,8H,3-4,7,15H2,1-2H3,(H,16,20)(H,18,19). The number of nitrogen functional groups attached to an aromatic ring is 1. The van der Waals surface area contributed by atoms with Gasteiger partial charge in [-0.15, -0.1) is 11.3 Å². The summed E-state index contributed by atoms with van der Waals surface area (Å²) >= 11 is 1.57. The monoisotopic (exact) mass is 305 g/mol. The minimum Gasteiger partial charge on any atom is -0.346 e. The molecule has 0 saturated carbocycles. The van der Waals surface area contributed by atoms with Crippen LogP contribution in [0.5, 0.6) is 0 Å². The number of carbonyl (C=O) groups excluding carboxylic acids is 1. The Morgan fingerprint density at radius 1 is 1.33 bits per heavy atom. The summed E-state index contributed by atoms with van der Waals surface area (Å²) in [5.41, 5.74) is 4.76. The van der Waals surface area contributed by atoms with Crippen LogP contribution in [0.2, 0.25) is 0 Å². The summed E-state index contributed by atoms with van der Waals surface area (Å²) in [7, 11) is 0. The Kier molecular flexibility index (Phi) is 5.24. The first kappa shape index (κ1) is 15.4. The number of rotatable bonds is 6. The summed E-state index contributed by atoms with van der Waals surface area (Å²) in [4.78, 5) is 20.9. The maximum atomic E-state index is 12.2. The average molecular weight is 305 g/mol. The van der Waals surface area contributed by atoms with Crippen LogP contribution >= 0.6 is 11.3 Å². The Hall–Kier alpha value is -1.99. The molecule has 0 aliphatic carbocycles. The van der Waals surface area contributed by atoms with Crippen molar-refractivity contribution in [3.63, 3.8) is 0 Å². The Morgan fingerprint density at radius 3 is 2.76 bits per heavy atom. The summed E-state index contributed by atoms with van der Waals surface area (Å²) in [5, 5.41) is 5.79. The highest BCUT2D eigenvalue weighted by atomic mass is 32.1. The van der Waals surface area contributed by atoms with E-state index in [-0.39, 0.29) is 5.91 Å². The van der Waals surface area contributed by atoms with E-state index in [0.717, 1.165) is 29.2 Å². The highest BCUT2D eigenvalue weighted by Gasteiger charge is 2.10. The topological polar surface area (TPSA) is 92.9 Å². The van der Waals surface area contributed by atoms with Gasteiger partial charge in [0.05, 0.1) is 17.2 Å². The zero-order chi connectivity index (χ0) is 15.2. The Balaban J connectivity index is 2.08. The van der Waals surface area contributed by atoms with Crippen molar-refractivity contribution in [2.45, 2.75) is 33.2 Å². The van der Waals surface area contributed by atoms with Crippen molar-refractivity contribution >= 4 is 23.1 Å².